The van der Waals surface area contributed by atoms with Gasteiger partial charge in [0.15, 0.2) is 0 Å². The lowest BCUT2D eigenvalue weighted by molar-refractivity contribution is -0.134. The van der Waals surface area contributed by atoms with Gasteiger partial charge in [0.05, 0.1) is 5.60 Å². The van der Waals surface area contributed by atoms with E-state index in [0.717, 1.165) is 6.61 Å². The van der Waals surface area contributed by atoms with E-state index >= 15 is 0 Å². The molecule has 3 fully saturated rings. The largest absolute Gasteiger partial charge is 0.375 e. The van der Waals surface area contributed by atoms with Crippen LogP contribution >= 0.6 is 0 Å². The van der Waals surface area contributed by atoms with Gasteiger partial charge in [0.1, 0.15) is 0 Å². The molecule has 3 aliphatic rings. The Bertz CT molecular complexity index is 327. The van der Waals surface area contributed by atoms with Crippen LogP contribution in [-0.4, -0.2) is 17.7 Å². The van der Waals surface area contributed by atoms with Crippen molar-refractivity contribution in [3.63, 3.8) is 0 Å². The van der Waals surface area contributed by atoms with E-state index < -0.39 is 0 Å². The van der Waals surface area contributed by atoms with Gasteiger partial charge in [-0.3, -0.25) is 0 Å². The van der Waals surface area contributed by atoms with Crippen LogP contribution in [0, 0.1) is 11.3 Å². The highest BCUT2D eigenvalue weighted by molar-refractivity contribution is 5.09. The van der Waals surface area contributed by atoms with Crippen LogP contribution in [0.4, 0.5) is 0 Å². The van der Waals surface area contributed by atoms with E-state index in [9.17, 15) is 0 Å². The molecule has 110 valence electrons. The summed E-state index contributed by atoms with van der Waals surface area (Å²) in [5.74, 6) is 0.678. The third kappa shape index (κ3) is 2.25. The van der Waals surface area contributed by atoms with Crippen molar-refractivity contribution in [2.45, 2.75) is 89.2 Å². The molecular weight excluding hydrogens is 234 g/mol. The van der Waals surface area contributed by atoms with Gasteiger partial charge < -0.3 is 10.5 Å². The molecule has 0 aromatic rings. The summed E-state index contributed by atoms with van der Waals surface area (Å²) in [4.78, 5) is 0. The summed E-state index contributed by atoms with van der Waals surface area (Å²) in [6.45, 7) is 5.73. The van der Waals surface area contributed by atoms with E-state index in [0.29, 0.717) is 11.3 Å². The fourth-order valence-corrected chi connectivity index (χ4v) is 5.16. The third-order valence-corrected chi connectivity index (χ3v) is 6.64. The predicted octanol–water partition coefficient (Wildman–Crippen LogP) is 4.02. The summed E-state index contributed by atoms with van der Waals surface area (Å²) in [6, 6.07) is 0. The molecular formula is C17H31NO. The molecule has 2 aliphatic carbocycles. The SMILES string of the molecule is CC1(C)CCCC1(N)C1CCOC2(CCCCC2)C1. The molecule has 0 bridgehead atoms. The average molecular weight is 265 g/mol. The smallest absolute Gasteiger partial charge is 0.0685 e. The summed E-state index contributed by atoms with van der Waals surface area (Å²) >= 11 is 0. The quantitative estimate of drug-likeness (QED) is 0.777. The standard InChI is InChI=1S/C17H31NO/c1-15(2)8-6-11-17(15,18)14-7-12-19-16(13-14)9-4-3-5-10-16/h14H,3-13,18H2,1-2H3. The van der Waals surface area contributed by atoms with E-state index in [1.165, 1.54) is 64.2 Å². The summed E-state index contributed by atoms with van der Waals surface area (Å²) < 4.78 is 6.25. The minimum Gasteiger partial charge on any atom is -0.375 e. The van der Waals surface area contributed by atoms with Crippen molar-refractivity contribution in [1.82, 2.24) is 0 Å². The Labute approximate surface area is 118 Å². The lowest BCUT2D eigenvalue weighted by Gasteiger charge is -2.52. The average Bonchev–Trinajstić information content (AvgIpc) is 2.66. The van der Waals surface area contributed by atoms with Crippen LogP contribution in [0.3, 0.4) is 0 Å². The zero-order valence-corrected chi connectivity index (χ0v) is 12.8. The highest BCUT2D eigenvalue weighted by atomic mass is 16.5. The second-order valence-corrected chi connectivity index (χ2v) is 8.06. The van der Waals surface area contributed by atoms with Gasteiger partial charge in [0, 0.05) is 12.1 Å². The number of hydrogen-bond acceptors (Lipinski definition) is 2. The Hall–Kier alpha value is -0.0800. The number of nitrogens with two attached hydrogens (primary N) is 1. The van der Waals surface area contributed by atoms with Crippen molar-refractivity contribution in [3.05, 3.63) is 0 Å². The second-order valence-electron chi connectivity index (χ2n) is 8.06. The number of hydrogen-bond donors (Lipinski definition) is 1. The summed E-state index contributed by atoms with van der Waals surface area (Å²) in [5.41, 5.74) is 7.51. The monoisotopic (exact) mass is 265 g/mol. The van der Waals surface area contributed by atoms with Crippen LogP contribution < -0.4 is 5.73 Å². The first-order valence-electron chi connectivity index (χ1n) is 8.40. The molecule has 1 saturated heterocycles. The molecule has 19 heavy (non-hydrogen) atoms. The van der Waals surface area contributed by atoms with E-state index in [-0.39, 0.29) is 11.1 Å². The first-order valence-corrected chi connectivity index (χ1v) is 8.40. The first-order chi connectivity index (χ1) is 8.98. The lowest BCUT2D eigenvalue weighted by Crippen LogP contribution is -2.58. The zero-order chi connectivity index (χ0) is 13.6. The molecule has 2 atom stereocenters. The van der Waals surface area contributed by atoms with Crippen molar-refractivity contribution in [2.24, 2.45) is 17.1 Å². The highest BCUT2D eigenvalue weighted by Gasteiger charge is 2.53. The van der Waals surface area contributed by atoms with E-state index in [2.05, 4.69) is 13.8 Å². The van der Waals surface area contributed by atoms with Gasteiger partial charge in [-0.1, -0.05) is 39.5 Å². The summed E-state index contributed by atoms with van der Waals surface area (Å²) in [5, 5.41) is 0. The van der Waals surface area contributed by atoms with Crippen LogP contribution in [0.25, 0.3) is 0 Å². The Morgan fingerprint density at radius 3 is 2.32 bits per heavy atom. The molecule has 1 heterocycles. The normalized spacial score (nSPS) is 41.5. The van der Waals surface area contributed by atoms with Crippen LogP contribution in [0.15, 0.2) is 0 Å². The van der Waals surface area contributed by atoms with Crippen molar-refractivity contribution < 1.29 is 4.74 Å². The minimum atomic E-state index is 0.0568. The molecule has 2 N–H and O–H groups in total. The Morgan fingerprint density at radius 2 is 1.68 bits per heavy atom. The first kappa shape index (κ1) is 13.9. The molecule has 0 amide bonds. The molecule has 3 rings (SSSR count). The van der Waals surface area contributed by atoms with Gasteiger partial charge in [-0.05, 0) is 49.9 Å². The molecule has 2 heteroatoms. The highest BCUT2D eigenvalue weighted by Crippen LogP contribution is 2.53. The molecule has 1 aliphatic heterocycles. The van der Waals surface area contributed by atoms with Gasteiger partial charge in [-0.15, -0.1) is 0 Å². The number of rotatable bonds is 1. The van der Waals surface area contributed by atoms with Gasteiger partial charge in [-0.2, -0.15) is 0 Å². The van der Waals surface area contributed by atoms with Gasteiger partial charge in [-0.25, -0.2) is 0 Å². The van der Waals surface area contributed by atoms with E-state index in [1.54, 1.807) is 0 Å². The van der Waals surface area contributed by atoms with Crippen molar-refractivity contribution in [1.29, 1.82) is 0 Å². The lowest BCUT2D eigenvalue weighted by atomic mass is 9.62. The maximum absolute atomic E-state index is 6.95. The Balaban J connectivity index is 1.78. The fourth-order valence-electron chi connectivity index (χ4n) is 5.16. The van der Waals surface area contributed by atoms with Gasteiger partial charge in [0.25, 0.3) is 0 Å². The summed E-state index contributed by atoms with van der Waals surface area (Å²) in [6.07, 6.45) is 12.9. The fraction of sp³-hybridized carbons (Fsp3) is 1.00. The van der Waals surface area contributed by atoms with E-state index in [1.807, 2.05) is 0 Å². The predicted molar refractivity (Wildman–Crippen MR) is 79.0 cm³/mol. The molecule has 2 unspecified atom stereocenters. The molecule has 0 aromatic carbocycles. The molecule has 0 aromatic heterocycles. The van der Waals surface area contributed by atoms with Crippen molar-refractivity contribution in [2.75, 3.05) is 6.61 Å². The third-order valence-electron chi connectivity index (χ3n) is 6.64. The van der Waals surface area contributed by atoms with Crippen molar-refractivity contribution in [3.8, 4) is 0 Å². The molecule has 2 saturated carbocycles. The van der Waals surface area contributed by atoms with E-state index in [4.69, 9.17) is 10.5 Å². The second kappa shape index (κ2) is 4.73. The van der Waals surface area contributed by atoms with Crippen LogP contribution in [0.2, 0.25) is 0 Å². The Kier molecular flexibility index (Phi) is 3.46. The Morgan fingerprint density at radius 1 is 0.947 bits per heavy atom. The van der Waals surface area contributed by atoms with Crippen LogP contribution in [0.5, 0.6) is 0 Å². The van der Waals surface area contributed by atoms with Crippen LogP contribution in [0.1, 0.15) is 78.1 Å². The molecule has 0 radical (unpaired) electrons. The van der Waals surface area contributed by atoms with Crippen molar-refractivity contribution >= 4 is 0 Å². The van der Waals surface area contributed by atoms with Gasteiger partial charge in [0.2, 0.25) is 0 Å². The summed E-state index contributed by atoms with van der Waals surface area (Å²) in [7, 11) is 0. The molecule has 2 nitrogen and oxygen atoms in total. The maximum Gasteiger partial charge on any atom is 0.0685 e. The van der Waals surface area contributed by atoms with Gasteiger partial charge >= 0.3 is 0 Å². The zero-order valence-electron chi connectivity index (χ0n) is 12.8. The minimum absolute atomic E-state index is 0.0568. The number of ether oxygens (including phenoxy) is 1. The topological polar surface area (TPSA) is 35.2 Å². The maximum atomic E-state index is 6.95. The van der Waals surface area contributed by atoms with Crippen LogP contribution in [-0.2, 0) is 4.74 Å². The molecule has 1 spiro atoms.